The molecule has 0 aliphatic heterocycles. The van der Waals surface area contributed by atoms with Crippen molar-refractivity contribution in [3.8, 4) is 0 Å². The molecule has 1 amide bonds. The molecule has 0 atom stereocenters. The first-order chi connectivity index (χ1) is 8.95. The third-order valence-corrected chi connectivity index (χ3v) is 2.80. The molecule has 4 heteroatoms. The molecule has 4 nitrogen and oxygen atoms in total. The van der Waals surface area contributed by atoms with Crippen LogP contribution < -0.4 is 11.1 Å². The van der Waals surface area contributed by atoms with Crippen LogP contribution in [-0.4, -0.2) is 24.8 Å². The lowest BCUT2D eigenvalue weighted by atomic mass is 10.1. The number of rotatable bonds is 10. The molecule has 0 fully saturated rings. The van der Waals surface area contributed by atoms with Gasteiger partial charge in [0.05, 0.1) is 0 Å². The summed E-state index contributed by atoms with van der Waals surface area (Å²) in [6.45, 7) is 7.14. The summed E-state index contributed by atoms with van der Waals surface area (Å²) in [4.78, 5) is 11.4. The van der Waals surface area contributed by atoms with Gasteiger partial charge in [0.1, 0.15) is 5.60 Å². The number of nitrogens with two attached hydrogens (primary N) is 1. The first-order valence-corrected chi connectivity index (χ1v) is 7.62. The minimum absolute atomic E-state index is 0.311. The van der Waals surface area contributed by atoms with E-state index < -0.39 is 5.60 Å². The minimum Gasteiger partial charge on any atom is -0.444 e. The zero-order chi connectivity index (χ0) is 14.6. The van der Waals surface area contributed by atoms with Gasteiger partial charge in [0.2, 0.25) is 0 Å². The Morgan fingerprint density at radius 2 is 1.42 bits per heavy atom. The Labute approximate surface area is 118 Å². The number of amides is 1. The number of unbranched alkanes of at least 4 members (excludes halogenated alkanes) is 7. The summed E-state index contributed by atoms with van der Waals surface area (Å²) in [5.41, 5.74) is 5.03. The van der Waals surface area contributed by atoms with Crippen LogP contribution in [0.5, 0.6) is 0 Å². The summed E-state index contributed by atoms with van der Waals surface area (Å²) in [6, 6.07) is 0. The van der Waals surface area contributed by atoms with Gasteiger partial charge in [-0.25, -0.2) is 4.79 Å². The highest BCUT2D eigenvalue weighted by Crippen LogP contribution is 2.08. The number of carbonyl (C=O) groups excluding carboxylic acids is 1. The molecular weight excluding hydrogens is 240 g/mol. The van der Waals surface area contributed by atoms with Crippen molar-refractivity contribution in [1.82, 2.24) is 5.32 Å². The van der Waals surface area contributed by atoms with Crippen molar-refractivity contribution in [2.24, 2.45) is 5.73 Å². The molecule has 0 saturated heterocycles. The van der Waals surface area contributed by atoms with E-state index >= 15 is 0 Å². The van der Waals surface area contributed by atoms with Gasteiger partial charge >= 0.3 is 6.09 Å². The van der Waals surface area contributed by atoms with E-state index in [1.54, 1.807) is 0 Å². The van der Waals surface area contributed by atoms with E-state index in [-0.39, 0.29) is 6.09 Å². The summed E-state index contributed by atoms with van der Waals surface area (Å²) in [5.74, 6) is 0. The van der Waals surface area contributed by atoms with Gasteiger partial charge in [-0.1, -0.05) is 38.5 Å². The normalized spacial score (nSPS) is 11.4. The van der Waals surface area contributed by atoms with Gasteiger partial charge in [0.25, 0.3) is 0 Å². The third kappa shape index (κ3) is 15.2. The van der Waals surface area contributed by atoms with E-state index in [1.165, 1.54) is 38.5 Å². The molecule has 0 spiro atoms. The van der Waals surface area contributed by atoms with Crippen molar-refractivity contribution in [3.05, 3.63) is 0 Å². The quantitative estimate of drug-likeness (QED) is 0.597. The Bertz CT molecular complexity index is 225. The van der Waals surface area contributed by atoms with Crippen LogP contribution in [0.25, 0.3) is 0 Å². The first kappa shape index (κ1) is 18.2. The maximum atomic E-state index is 11.4. The number of carbonyl (C=O) groups is 1. The lowest BCUT2D eigenvalue weighted by Crippen LogP contribution is -2.32. The van der Waals surface area contributed by atoms with Crippen molar-refractivity contribution in [2.75, 3.05) is 13.1 Å². The van der Waals surface area contributed by atoms with E-state index in [4.69, 9.17) is 10.5 Å². The fourth-order valence-corrected chi connectivity index (χ4v) is 1.83. The predicted molar refractivity (Wildman–Crippen MR) is 80.2 cm³/mol. The van der Waals surface area contributed by atoms with Crippen LogP contribution in [0, 0.1) is 0 Å². The van der Waals surface area contributed by atoms with Gasteiger partial charge < -0.3 is 15.8 Å². The van der Waals surface area contributed by atoms with Crippen LogP contribution in [0.1, 0.15) is 72.1 Å². The zero-order valence-corrected chi connectivity index (χ0v) is 13.0. The van der Waals surface area contributed by atoms with Gasteiger partial charge in [-0.3, -0.25) is 0 Å². The van der Waals surface area contributed by atoms with E-state index in [0.717, 1.165) is 19.4 Å². The molecule has 3 N–H and O–H groups in total. The molecular formula is C15H32N2O2. The Morgan fingerprint density at radius 1 is 0.947 bits per heavy atom. The SMILES string of the molecule is CC(C)(C)OC(=O)NCCCCCCCCCCN. The van der Waals surface area contributed by atoms with Gasteiger partial charge in [-0.05, 0) is 40.2 Å². The number of alkyl carbamates (subject to hydrolysis) is 1. The van der Waals surface area contributed by atoms with E-state index in [0.29, 0.717) is 6.54 Å². The van der Waals surface area contributed by atoms with Crippen LogP contribution >= 0.6 is 0 Å². The largest absolute Gasteiger partial charge is 0.444 e. The molecule has 0 aromatic heterocycles. The molecule has 0 radical (unpaired) electrons. The summed E-state index contributed by atoms with van der Waals surface area (Å²) >= 11 is 0. The van der Waals surface area contributed by atoms with Crippen molar-refractivity contribution in [1.29, 1.82) is 0 Å². The second-order valence-electron chi connectivity index (χ2n) is 6.05. The molecule has 0 heterocycles. The van der Waals surface area contributed by atoms with Gasteiger partial charge in [0.15, 0.2) is 0 Å². The Kier molecular flexibility index (Phi) is 10.6. The number of hydrogen-bond acceptors (Lipinski definition) is 3. The second kappa shape index (κ2) is 11.1. The molecule has 0 saturated carbocycles. The average molecular weight is 272 g/mol. The maximum absolute atomic E-state index is 11.4. The highest BCUT2D eigenvalue weighted by Gasteiger charge is 2.15. The molecule has 0 aromatic rings. The zero-order valence-electron chi connectivity index (χ0n) is 13.0. The summed E-state index contributed by atoms with van der Waals surface area (Å²) in [5, 5.41) is 2.78. The van der Waals surface area contributed by atoms with Crippen LogP contribution in [0.2, 0.25) is 0 Å². The predicted octanol–water partition coefficient (Wildman–Crippen LogP) is 3.59. The lowest BCUT2D eigenvalue weighted by Gasteiger charge is -2.19. The fraction of sp³-hybridized carbons (Fsp3) is 0.933. The minimum atomic E-state index is -0.409. The monoisotopic (exact) mass is 272 g/mol. The standard InChI is InChI=1S/C15H32N2O2/c1-15(2,3)19-14(18)17-13-11-9-7-5-4-6-8-10-12-16/h4-13,16H2,1-3H3,(H,17,18). The van der Waals surface area contributed by atoms with Gasteiger partial charge in [-0.2, -0.15) is 0 Å². The third-order valence-electron chi connectivity index (χ3n) is 2.80. The van der Waals surface area contributed by atoms with E-state index in [2.05, 4.69) is 5.32 Å². The molecule has 0 aliphatic carbocycles. The number of ether oxygens (including phenoxy) is 1. The van der Waals surface area contributed by atoms with Gasteiger partial charge in [0, 0.05) is 6.54 Å². The summed E-state index contributed by atoms with van der Waals surface area (Å²) in [7, 11) is 0. The number of nitrogens with one attached hydrogen (secondary N) is 1. The topological polar surface area (TPSA) is 64.3 Å². The van der Waals surface area contributed by atoms with Crippen LogP contribution in [-0.2, 0) is 4.74 Å². The molecule has 114 valence electrons. The van der Waals surface area contributed by atoms with E-state index in [1.807, 2.05) is 20.8 Å². The van der Waals surface area contributed by atoms with Crippen molar-refractivity contribution >= 4 is 6.09 Å². The van der Waals surface area contributed by atoms with Gasteiger partial charge in [-0.15, -0.1) is 0 Å². The average Bonchev–Trinajstić information content (AvgIpc) is 2.29. The van der Waals surface area contributed by atoms with Crippen LogP contribution in [0.4, 0.5) is 4.79 Å². The molecule has 0 rings (SSSR count). The number of hydrogen-bond donors (Lipinski definition) is 2. The maximum Gasteiger partial charge on any atom is 0.407 e. The second-order valence-corrected chi connectivity index (χ2v) is 6.05. The molecule has 0 bridgehead atoms. The Balaban J connectivity index is 3.21. The Morgan fingerprint density at radius 3 is 1.89 bits per heavy atom. The molecule has 0 aromatic carbocycles. The van der Waals surface area contributed by atoms with Crippen LogP contribution in [0.3, 0.4) is 0 Å². The highest BCUT2D eigenvalue weighted by atomic mass is 16.6. The van der Waals surface area contributed by atoms with Crippen molar-refractivity contribution in [3.63, 3.8) is 0 Å². The van der Waals surface area contributed by atoms with Crippen molar-refractivity contribution < 1.29 is 9.53 Å². The lowest BCUT2D eigenvalue weighted by molar-refractivity contribution is 0.0527. The summed E-state index contributed by atoms with van der Waals surface area (Å²) in [6.07, 6.45) is 9.45. The molecule has 0 aliphatic rings. The first-order valence-electron chi connectivity index (χ1n) is 7.62. The highest BCUT2D eigenvalue weighted by molar-refractivity contribution is 5.67. The van der Waals surface area contributed by atoms with Crippen molar-refractivity contribution in [2.45, 2.75) is 77.7 Å². The van der Waals surface area contributed by atoms with E-state index in [9.17, 15) is 4.79 Å². The fourth-order valence-electron chi connectivity index (χ4n) is 1.83. The van der Waals surface area contributed by atoms with Crippen LogP contribution in [0.15, 0.2) is 0 Å². The molecule has 19 heavy (non-hydrogen) atoms. The summed E-state index contributed by atoms with van der Waals surface area (Å²) < 4.78 is 5.16. The Hall–Kier alpha value is -0.770. The molecule has 0 unspecified atom stereocenters. The smallest absolute Gasteiger partial charge is 0.407 e.